The Kier molecular flexibility index (Phi) is 8.37. The lowest BCUT2D eigenvalue weighted by molar-refractivity contribution is -0.384. The van der Waals surface area contributed by atoms with E-state index in [0.717, 1.165) is 18.5 Å². The number of morpholine rings is 1. The lowest BCUT2D eigenvalue weighted by Crippen LogP contribution is -2.49. The van der Waals surface area contributed by atoms with Gasteiger partial charge in [0, 0.05) is 57.1 Å². The van der Waals surface area contributed by atoms with Gasteiger partial charge in [-0.2, -0.15) is 0 Å². The van der Waals surface area contributed by atoms with Gasteiger partial charge in [0.15, 0.2) is 0 Å². The largest absolute Gasteiger partial charge is 0.462 e. The Morgan fingerprint density at radius 3 is 2.31 bits per heavy atom. The summed E-state index contributed by atoms with van der Waals surface area (Å²) in [6.07, 6.45) is 1.81. The van der Waals surface area contributed by atoms with Gasteiger partial charge in [0.05, 0.1) is 41.6 Å². The van der Waals surface area contributed by atoms with Crippen LogP contribution in [0.25, 0.3) is 0 Å². The summed E-state index contributed by atoms with van der Waals surface area (Å²) in [4.78, 5) is 42.5. The van der Waals surface area contributed by atoms with Gasteiger partial charge >= 0.3 is 5.97 Å². The molecule has 2 saturated heterocycles. The molecule has 192 valence electrons. The van der Waals surface area contributed by atoms with Crippen LogP contribution in [-0.4, -0.2) is 80.8 Å². The van der Waals surface area contributed by atoms with Crippen molar-refractivity contribution in [2.45, 2.75) is 19.8 Å². The first-order chi connectivity index (χ1) is 17.5. The molecule has 0 saturated carbocycles. The maximum Gasteiger partial charge on any atom is 0.338 e. The molecule has 2 aromatic rings. The highest BCUT2D eigenvalue weighted by atomic mass is 16.6. The van der Waals surface area contributed by atoms with Crippen LogP contribution in [0.3, 0.4) is 0 Å². The number of benzene rings is 2. The number of nitro benzene ring substituents is 1. The minimum Gasteiger partial charge on any atom is -0.462 e. The summed E-state index contributed by atoms with van der Waals surface area (Å²) in [6, 6.07) is 11.8. The smallest absolute Gasteiger partial charge is 0.338 e. The van der Waals surface area contributed by atoms with Crippen LogP contribution in [0, 0.1) is 10.1 Å². The molecule has 1 amide bonds. The molecule has 0 bridgehead atoms. The monoisotopic (exact) mass is 496 g/mol. The van der Waals surface area contributed by atoms with Crippen molar-refractivity contribution in [2.75, 3.05) is 68.9 Å². The molecule has 0 N–H and O–H groups in total. The third-order valence-corrected chi connectivity index (χ3v) is 6.54. The lowest BCUT2D eigenvalue weighted by atomic mass is 10.1. The number of ether oxygens (including phenoxy) is 2. The number of carbonyl (C=O) groups is 2. The molecule has 0 radical (unpaired) electrons. The predicted molar refractivity (Wildman–Crippen MR) is 136 cm³/mol. The molecule has 10 heteroatoms. The second-order valence-electron chi connectivity index (χ2n) is 8.87. The van der Waals surface area contributed by atoms with Gasteiger partial charge in [-0.25, -0.2) is 4.79 Å². The number of piperazine rings is 1. The zero-order valence-electron chi connectivity index (χ0n) is 20.6. The number of anilines is 2. The molecular weight excluding hydrogens is 464 g/mol. The van der Waals surface area contributed by atoms with Gasteiger partial charge < -0.3 is 24.2 Å². The molecule has 4 rings (SSSR count). The van der Waals surface area contributed by atoms with Crippen molar-refractivity contribution in [2.24, 2.45) is 0 Å². The summed E-state index contributed by atoms with van der Waals surface area (Å²) in [6.45, 7) is 7.06. The normalized spacial score (nSPS) is 16.1. The Balaban J connectivity index is 1.41. The molecule has 2 heterocycles. The molecular formula is C26H32N4O6. The van der Waals surface area contributed by atoms with Crippen molar-refractivity contribution >= 4 is 28.9 Å². The fourth-order valence-corrected chi connectivity index (χ4v) is 4.43. The predicted octanol–water partition coefficient (Wildman–Crippen LogP) is 3.35. The number of non-ortho nitro benzene ring substituents is 1. The van der Waals surface area contributed by atoms with E-state index in [-0.39, 0.29) is 17.6 Å². The Morgan fingerprint density at radius 1 is 0.972 bits per heavy atom. The third kappa shape index (κ3) is 5.93. The third-order valence-electron chi connectivity index (χ3n) is 6.54. The van der Waals surface area contributed by atoms with Crippen LogP contribution in [0.5, 0.6) is 0 Å². The lowest BCUT2D eigenvalue weighted by Gasteiger charge is -2.37. The Hall–Kier alpha value is -3.66. The summed E-state index contributed by atoms with van der Waals surface area (Å²) in [5.41, 5.74) is 2.45. The number of unbranched alkanes of at least 4 members (excludes halogenated alkanes) is 1. The zero-order chi connectivity index (χ0) is 25.5. The van der Waals surface area contributed by atoms with E-state index in [1.165, 1.54) is 12.1 Å². The fraction of sp³-hybridized carbons (Fsp3) is 0.462. The number of hydrogen-bond acceptors (Lipinski definition) is 8. The van der Waals surface area contributed by atoms with Crippen molar-refractivity contribution in [3.8, 4) is 0 Å². The Labute approximate surface area is 210 Å². The van der Waals surface area contributed by atoms with E-state index in [0.29, 0.717) is 75.9 Å². The zero-order valence-corrected chi connectivity index (χ0v) is 20.6. The number of esters is 1. The molecule has 2 fully saturated rings. The Bertz CT molecular complexity index is 1080. The SMILES string of the molecule is CCCCOC(=O)c1ccc(N2CCN(C(=O)c3cc([N+](=O)[O-])ccc3N3CCOCC3)CC2)cc1. The highest BCUT2D eigenvalue weighted by Crippen LogP contribution is 2.28. The Morgan fingerprint density at radius 2 is 1.67 bits per heavy atom. The molecule has 2 aromatic carbocycles. The topological polar surface area (TPSA) is 105 Å². The maximum absolute atomic E-state index is 13.5. The van der Waals surface area contributed by atoms with E-state index >= 15 is 0 Å². The first-order valence-electron chi connectivity index (χ1n) is 12.4. The van der Waals surface area contributed by atoms with Crippen molar-refractivity contribution in [3.05, 3.63) is 63.7 Å². The summed E-state index contributed by atoms with van der Waals surface area (Å²) in [5.74, 6) is -0.525. The summed E-state index contributed by atoms with van der Waals surface area (Å²) >= 11 is 0. The van der Waals surface area contributed by atoms with Crippen LogP contribution in [0.4, 0.5) is 17.1 Å². The van der Waals surface area contributed by atoms with Gasteiger partial charge in [-0.15, -0.1) is 0 Å². The van der Waals surface area contributed by atoms with Gasteiger partial charge in [0.25, 0.3) is 11.6 Å². The van der Waals surface area contributed by atoms with E-state index in [1.807, 2.05) is 24.0 Å². The molecule has 0 unspecified atom stereocenters. The highest BCUT2D eigenvalue weighted by molar-refractivity contribution is 6.00. The fourth-order valence-electron chi connectivity index (χ4n) is 4.43. The van der Waals surface area contributed by atoms with E-state index in [1.54, 1.807) is 23.1 Å². The van der Waals surface area contributed by atoms with E-state index in [4.69, 9.17) is 9.47 Å². The number of amides is 1. The highest BCUT2D eigenvalue weighted by Gasteiger charge is 2.28. The summed E-state index contributed by atoms with van der Waals surface area (Å²) in [7, 11) is 0. The second-order valence-corrected chi connectivity index (χ2v) is 8.87. The van der Waals surface area contributed by atoms with E-state index in [2.05, 4.69) is 4.90 Å². The number of nitro groups is 1. The molecule has 0 spiro atoms. The molecule has 2 aliphatic heterocycles. The average Bonchev–Trinajstić information content (AvgIpc) is 2.93. The van der Waals surface area contributed by atoms with Gasteiger partial charge in [0.2, 0.25) is 0 Å². The average molecular weight is 497 g/mol. The van der Waals surface area contributed by atoms with Gasteiger partial charge in [0.1, 0.15) is 0 Å². The van der Waals surface area contributed by atoms with Crippen LogP contribution >= 0.6 is 0 Å². The molecule has 2 aliphatic rings. The first kappa shape index (κ1) is 25.4. The number of carbonyl (C=O) groups excluding carboxylic acids is 2. The maximum atomic E-state index is 13.5. The van der Waals surface area contributed by atoms with Crippen LogP contribution < -0.4 is 9.80 Å². The molecule has 0 atom stereocenters. The van der Waals surface area contributed by atoms with Crippen molar-refractivity contribution < 1.29 is 24.0 Å². The number of hydrogen-bond donors (Lipinski definition) is 0. The summed E-state index contributed by atoms with van der Waals surface area (Å²) < 4.78 is 10.7. The van der Waals surface area contributed by atoms with E-state index in [9.17, 15) is 19.7 Å². The quantitative estimate of drug-likeness (QED) is 0.237. The van der Waals surface area contributed by atoms with Crippen LogP contribution in [-0.2, 0) is 9.47 Å². The minimum atomic E-state index is -0.471. The van der Waals surface area contributed by atoms with Gasteiger partial charge in [-0.3, -0.25) is 14.9 Å². The molecule has 0 aromatic heterocycles. The molecule has 36 heavy (non-hydrogen) atoms. The van der Waals surface area contributed by atoms with Gasteiger partial charge in [-0.05, 0) is 36.8 Å². The van der Waals surface area contributed by atoms with Crippen LogP contribution in [0.2, 0.25) is 0 Å². The summed E-state index contributed by atoms with van der Waals surface area (Å²) in [5, 5.41) is 11.4. The standard InChI is InChI=1S/C26H32N4O6/c1-2-3-16-36-26(32)20-4-6-21(7-5-20)27-10-12-29(13-11-27)25(31)23-19-22(30(33)34)8-9-24(23)28-14-17-35-18-15-28/h4-9,19H,2-3,10-18H2,1H3. The van der Waals surface area contributed by atoms with E-state index < -0.39 is 4.92 Å². The first-order valence-corrected chi connectivity index (χ1v) is 12.4. The minimum absolute atomic E-state index is 0.0951. The van der Waals surface area contributed by atoms with Crippen molar-refractivity contribution in [3.63, 3.8) is 0 Å². The van der Waals surface area contributed by atoms with Crippen molar-refractivity contribution in [1.82, 2.24) is 4.90 Å². The number of nitrogens with zero attached hydrogens (tertiary/aromatic N) is 4. The van der Waals surface area contributed by atoms with Gasteiger partial charge in [-0.1, -0.05) is 13.3 Å². The van der Waals surface area contributed by atoms with Crippen LogP contribution in [0.1, 0.15) is 40.5 Å². The molecule has 0 aliphatic carbocycles. The number of rotatable bonds is 8. The molecule has 10 nitrogen and oxygen atoms in total. The van der Waals surface area contributed by atoms with Crippen molar-refractivity contribution in [1.29, 1.82) is 0 Å². The van der Waals surface area contributed by atoms with Crippen LogP contribution in [0.15, 0.2) is 42.5 Å². The second kappa shape index (κ2) is 11.9.